The second kappa shape index (κ2) is 7.03. The molecule has 25 heavy (non-hydrogen) atoms. The number of carbonyl (C=O) groups is 2. The molecule has 0 atom stereocenters. The van der Waals surface area contributed by atoms with Gasteiger partial charge < -0.3 is 9.30 Å². The second-order valence-corrected chi connectivity index (χ2v) is 5.64. The summed E-state index contributed by atoms with van der Waals surface area (Å²) in [7, 11) is 0. The highest BCUT2D eigenvalue weighted by molar-refractivity contribution is 6.34. The Kier molecular flexibility index (Phi) is 4.81. The lowest BCUT2D eigenvalue weighted by Gasteiger charge is -2.05. The summed E-state index contributed by atoms with van der Waals surface area (Å²) in [6.45, 7) is 1.82. The van der Waals surface area contributed by atoms with Gasteiger partial charge in [0.2, 0.25) is 0 Å². The number of hydrogen-bond donors (Lipinski definition) is 0. The first kappa shape index (κ1) is 17.1. The van der Waals surface area contributed by atoms with Gasteiger partial charge in [-0.1, -0.05) is 23.7 Å². The predicted molar refractivity (Wildman–Crippen MR) is 91.2 cm³/mol. The first-order valence-electron chi connectivity index (χ1n) is 7.61. The molecular weight excluding hydrogens is 347 g/mol. The van der Waals surface area contributed by atoms with Gasteiger partial charge in [0, 0.05) is 23.3 Å². The third kappa shape index (κ3) is 3.25. The fourth-order valence-corrected chi connectivity index (χ4v) is 2.92. The van der Waals surface area contributed by atoms with E-state index in [1.807, 2.05) is 0 Å². The zero-order valence-electron chi connectivity index (χ0n) is 13.3. The summed E-state index contributed by atoms with van der Waals surface area (Å²) in [5, 5.41) is 0.645. The Morgan fingerprint density at radius 1 is 1.24 bits per heavy atom. The first-order valence-corrected chi connectivity index (χ1v) is 7.99. The fourth-order valence-electron chi connectivity index (χ4n) is 2.65. The summed E-state index contributed by atoms with van der Waals surface area (Å²) in [4.78, 5) is 28.6. The van der Waals surface area contributed by atoms with Gasteiger partial charge in [-0.15, -0.1) is 0 Å². The van der Waals surface area contributed by atoms with E-state index in [0.717, 1.165) is 0 Å². The lowest BCUT2D eigenvalue weighted by atomic mass is 10.0. The van der Waals surface area contributed by atoms with Crippen LogP contribution in [0.2, 0.25) is 5.15 Å². The van der Waals surface area contributed by atoms with Crippen molar-refractivity contribution in [1.82, 2.24) is 9.55 Å². The molecule has 0 unspecified atom stereocenters. The SMILES string of the molecule is CCOC(=O)Cn1cc(C(=O)c2ccccc2F)c2ccnc(Cl)c21. The van der Waals surface area contributed by atoms with Gasteiger partial charge in [-0.25, -0.2) is 9.37 Å². The molecule has 0 amide bonds. The molecule has 0 aliphatic rings. The summed E-state index contributed by atoms with van der Waals surface area (Å²) in [5.41, 5.74) is 0.622. The Morgan fingerprint density at radius 2 is 2.00 bits per heavy atom. The minimum Gasteiger partial charge on any atom is -0.465 e. The molecule has 0 bridgehead atoms. The summed E-state index contributed by atoms with van der Waals surface area (Å²) >= 11 is 6.15. The van der Waals surface area contributed by atoms with Crippen molar-refractivity contribution in [2.75, 3.05) is 6.61 Å². The molecule has 3 aromatic rings. The molecule has 0 saturated carbocycles. The van der Waals surface area contributed by atoms with Crippen LogP contribution in [0.15, 0.2) is 42.7 Å². The van der Waals surface area contributed by atoms with E-state index in [2.05, 4.69) is 4.98 Å². The van der Waals surface area contributed by atoms with Gasteiger partial charge in [0.15, 0.2) is 10.9 Å². The average Bonchev–Trinajstić information content (AvgIpc) is 2.95. The van der Waals surface area contributed by atoms with Crippen LogP contribution in [-0.4, -0.2) is 27.9 Å². The van der Waals surface area contributed by atoms with Gasteiger partial charge in [-0.3, -0.25) is 9.59 Å². The summed E-state index contributed by atoms with van der Waals surface area (Å²) in [6, 6.07) is 7.34. The Balaban J connectivity index is 2.13. The number of rotatable bonds is 5. The van der Waals surface area contributed by atoms with Crippen LogP contribution in [0.4, 0.5) is 4.39 Å². The molecule has 0 saturated heterocycles. The Labute approximate surface area is 148 Å². The topological polar surface area (TPSA) is 61.2 Å². The van der Waals surface area contributed by atoms with Crippen molar-refractivity contribution >= 4 is 34.3 Å². The fraction of sp³-hybridized carbons (Fsp3) is 0.167. The summed E-state index contributed by atoms with van der Waals surface area (Å²) < 4.78 is 20.4. The van der Waals surface area contributed by atoms with E-state index in [1.165, 1.54) is 35.2 Å². The number of pyridine rings is 1. The van der Waals surface area contributed by atoms with Gasteiger partial charge >= 0.3 is 5.97 Å². The van der Waals surface area contributed by atoms with Gasteiger partial charge in [0.05, 0.1) is 17.7 Å². The molecule has 0 N–H and O–H groups in total. The van der Waals surface area contributed by atoms with Gasteiger partial charge in [0.1, 0.15) is 12.4 Å². The number of esters is 1. The highest BCUT2D eigenvalue weighted by Crippen LogP contribution is 2.28. The molecule has 2 aromatic heterocycles. The van der Waals surface area contributed by atoms with Crippen LogP contribution in [0.5, 0.6) is 0 Å². The minimum atomic E-state index is -0.612. The van der Waals surface area contributed by atoms with Gasteiger partial charge in [0.25, 0.3) is 0 Å². The molecule has 3 rings (SSSR count). The number of carbonyl (C=O) groups excluding carboxylic acids is 2. The molecule has 5 nitrogen and oxygen atoms in total. The van der Waals surface area contributed by atoms with Crippen LogP contribution in [0, 0.1) is 5.82 Å². The standard InChI is InChI=1S/C18H14ClFN2O3/c1-2-25-15(23)10-22-9-13(11-7-8-21-18(19)16(11)22)17(24)12-5-3-4-6-14(12)20/h3-9H,2,10H2,1H3. The van der Waals surface area contributed by atoms with Crippen molar-refractivity contribution < 1.29 is 18.7 Å². The number of halogens is 2. The van der Waals surface area contributed by atoms with Crippen LogP contribution < -0.4 is 0 Å². The molecule has 128 valence electrons. The normalized spacial score (nSPS) is 10.8. The lowest BCUT2D eigenvalue weighted by Crippen LogP contribution is -2.13. The quantitative estimate of drug-likeness (QED) is 0.396. The van der Waals surface area contributed by atoms with E-state index < -0.39 is 17.6 Å². The van der Waals surface area contributed by atoms with E-state index in [4.69, 9.17) is 16.3 Å². The minimum absolute atomic E-state index is 0.0504. The molecule has 0 spiro atoms. The van der Waals surface area contributed by atoms with Crippen LogP contribution >= 0.6 is 11.6 Å². The average molecular weight is 361 g/mol. The number of fused-ring (bicyclic) bond motifs is 1. The van der Waals surface area contributed by atoms with Gasteiger partial charge in [-0.05, 0) is 25.1 Å². The van der Waals surface area contributed by atoms with Crippen LogP contribution in [0.25, 0.3) is 10.9 Å². The number of ether oxygens (including phenoxy) is 1. The maximum Gasteiger partial charge on any atom is 0.325 e. The van der Waals surface area contributed by atoms with Crippen LogP contribution in [0.3, 0.4) is 0 Å². The molecule has 1 aromatic carbocycles. The molecule has 7 heteroatoms. The Bertz CT molecular complexity index is 968. The van der Waals surface area contributed by atoms with E-state index in [0.29, 0.717) is 10.9 Å². The molecule has 0 fully saturated rings. The van der Waals surface area contributed by atoms with Crippen LogP contribution in [-0.2, 0) is 16.1 Å². The molecule has 0 aliphatic heterocycles. The number of ketones is 1. The largest absolute Gasteiger partial charge is 0.465 e. The smallest absolute Gasteiger partial charge is 0.325 e. The van der Waals surface area contributed by atoms with Crippen molar-refractivity contribution in [3.8, 4) is 0 Å². The first-order chi connectivity index (χ1) is 12.0. The van der Waals surface area contributed by atoms with E-state index in [9.17, 15) is 14.0 Å². The Morgan fingerprint density at radius 3 is 2.72 bits per heavy atom. The highest BCUT2D eigenvalue weighted by atomic mass is 35.5. The molecule has 0 radical (unpaired) electrons. The van der Waals surface area contributed by atoms with Crippen molar-refractivity contribution in [2.45, 2.75) is 13.5 Å². The zero-order valence-corrected chi connectivity index (χ0v) is 14.1. The second-order valence-electron chi connectivity index (χ2n) is 5.28. The molecule has 0 aliphatic carbocycles. The monoisotopic (exact) mass is 360 g/mol. The lowest BCUT2D eigenvalue weighted by molar-refractivity contribution is -0.143. The summed E-state index contributed by atoms with van der Waals surface area (Å²) in [6.07, 6.45) is 2.93. The van der Waals surface area contributed by atoms with E-state index in [-0.39, 0.29) is 29.4 Å². The number of hydrogen-bond acceptors (Lipinski definition) is 4. The predicted octanol–water partition coefficient (Wildman–Crippen LogP) is 3.62. The highest BCUT2D eigenvalue weighted by Gasteiger charge is 2.22. The van der Waals surface area contributed by atoms with Crippen molar-refractivity contribution in [3.63, 3.8) is 0 Å². The number of aromatic nitrogens is 2. The van der Waals surface area contributed by atoms with Crippen molar-refractivity contribution in [3.05, 3.63) is 64.8 Å². The third-order valence-electron chi connectivity index (χ3n) is 3.71. The third-order valence-corrected chi connectivity index (χ3v) is 3.99. The van der Waals surface area contributed by atoms with E-state index in [1.54, 1.807) is 19.1 Å². The number of nitrogens with zero attached hydrogens (tertiary/aromatic N) is 2. The maximum atomic E-state index is 14.0. The van der Waals surface area contributed by atoms with Crippen molar-refractivity contribution in [2.24, 2.45) is 0 Å². The molecule has 2 heterocycles. The molecular formula is C18H14ClFN2O3. The maximum absolute atomic E-state index is 14.0. The number of benzene rings is 1. The van der Waals surface area contributed by atoms with Gasteiger partial charge in [-0.2, -0.15) is 0 Å². The summed E-state index contributed by atoms with van der Waals surface area (Å²) in [5.74, 6) is -1.57. The zero-order chi connectivity index (χ0) is 18.0. The van der Waals surface area contributed by atoms with E-state index >= 15 is 0 Å². The Hall–Kier alpha value is -2.73. The van der Waals surface area contributed by atoms with Crippen molar-refractivity contribution in [1.29, 1.82) is 0 Å². The van der Waals surface area contributed by atoms with Crippen LogP contribution in [0.1, 0.15) is 22.8 Å².